The summed E-state index contributed by atoms with van der Waals surface area (Å²) in [5.41, 5.74) is 4.62. The fraction of sp³-hybridized carbons (Fsp3) is 0.0968. The molecule has 4 aromatic carbocycles. The zero-order valence-corrected chi connectivity index (χ0v) is 21.1. The highest BCUT2D eigenvalue weighted by Gasteiger charge is 2.34. The van der Waals surface area contributed by atoms with E-state index in [1.54, 1.807) is 24.2 Å². The number of benzene rings is 4. The van der Waals surface area contributed by atoms with Crippen molar-refractivity contribution in [3.63, 3.8) is 0 Å². The van der Waals surface area contributed by atoms with Crippen LogP contribution in [0.4, 0.5) is 0 Å². The highest BCUT2D eigenvalue weighted by Crippen LogP contribution is 2.50. The van der Waals surface area contributed by atoms with Crippen molar-refractivity contribution >= 4 is 22.6 Å². The van der Waals surface area contributed by atoms with Crippen LogP contribution in [-0.4, -0.2) is 32.9 Å². The summed E-state index contributed by atoms with van der Waals surface area (Å²) >= 11 is 0. The summed E-state index contributed by atoms with van der Waals surface area (Å²) in [6.45, 7) is 0.112. The maximum absolute atomic E-state index is 6.47. The normalized spacial score (nSPS) is 14.2. The van der Waals surface area contributed by atoms with Gasteiger partial charge >= 0.3 is 0 Å². The number of fused-ring (bicyclic) bond motifs is 6. The Morgan fingerprint density at radius 1 is 0.949 bits per heavy atom. The van der Waals surface area contributed by atoms with E-state index in [2.05, 4.69) is 51.6 Å². The molecule has 0 saturated heterocycles. The van der Waals surface area contributed by atoms with Gasteiger partial charge in [-0.1, -0.05) is 71.9 Å². The SMILES string of the molecule is COc1ccc(/C=N/OCc2nc3c4c(ncn3n2)Oc2c(ccc3ccccc23)[C@@H]4c2ccccc2)cc1. The predicted octanol–water partition coefficient (Wildman–Crippen LogP) is 6.12. The van der Waals surface area contributed by atoms with Gasteiger partial charge in [-0.25, -0.2) is 14.5 Å². The van der Waals surface area contributed by atoms with Crippen molar-refractivity contribution in [2.24, 2.45) is 5.16 Å². The van der Waals surface area contributed by atoms with E-state index in [0.717, 1.165) is 44.5 Å². The van der Waals surface area contributed by atoms with Crippen molar-refractivity contribution in [2.45, 2.75) is 12.5 Å². The van der Waals surface area contributed by atoms with E-state index in [0.29, 0.717) is 17.4 Å². The van der Waals surface area contributed by atoms with Crippen molar-refractivity contribution in [2.75, 3.05) is 7.11 Å². The zero-order chi connectivity index (χ0) is 26.2. The van der Waals surface area contributed by atoms with E-state index in [1.165, 1.54) is 0 Å². The maximum atomic E-state index is 6.47. The van der Waals surface area contributed by atoms with E-state index in [9.17, 15) is 0 Å². The topological polar surface area (TPSA) is 83.1 Å². The minimum Gasteiger partial charge on any atom is -0.497 e. The van der Waals surface area contributed by atoms with Crippen LogP contribution >= 0.6 is 0 Å². The van der Waals surface area contributed by atoms with E-state index < -0.39 is 0 Å². The Bertz CT molecular complexity index is 1830. The Labute approximate surface area is 224 Å². The van der Waals surface area contributed by atoms with Gasteiger partial charge in [-0.2, -0.15) is 0 Å². The van der Waals surface area contributed by atoms with Crippen LogP contribution in [0.3, 0.4) is 0 Å². The van der Waals surface area contributed by atoms with Crippen LogP contribution in [-0.2, 0) is 11.4 Å². The molecule has 6 aromatic rings. The van der Waals surface area contributed by atoms with Crippen molar-refractivity contribution in [1.82, 2.24) is 19.6 Å². The third-order valence-corrected chi connectivity index (χ3v) is 6.86. The van der Waals surface area contributed by atoms with Gasteiger partial charge in [0.15, 0.2) is 18.1 Å². The van der Waals surface area contributed by atoms with E-state index >= 15 is 0 Å². The minimum atomic E-state index is -0.128. The molecule has 0 saturated carbocycles. The smallest absolute Gasteiger partial charge is 0.228 e. The molecule has 0 N–H and O–H groups in total. The van der Waals surface area contributed by atoms with Crippen molar-refractivity contribution in [3.8, 4) is 17.4 Å². The second-order valence-corrected chi connectivity index (χ2v) is 9.19. The lowest BCUT2D eigenvalue weighted by atomic mass is 9.83. The van der Waals surface area contributed by atoms with Gasteiger partial charge < -0.3 is 14.3 Å². The molecule has 39 heavy (non-hydrogen) atoms. The van der Waals surface area contributed by atoms with Gasteiger partial charge in [0.05, 0.1) is 18.9 Å². The molecule has 1 atom stereocenters. The Balaban J connectivity index is 1.25. The minimum absolute atomic E-state index is 0.112. The molecule has 0 amide bonds. The molecule has 0 bridgehead atoms. The first-order chi connectivity index (χ1) is 19.3. The van der Waals surface area contributed by atoms with E-state index in [-0.39, 0.29) is 12.5 Å². The number of hydrogen-bond acceptors (Lipinski definition) is 7. The van der Waals surface area contributed by atoms with Crippen LogP contribution < -0.4 is 9.47 Å². The van der Waals surface area contributed by atoms with Gasteiger partial charge in [0, 0.05) is 16.9 Å². The number of ether oxygens (including phenoxy) is 2. The van der Waals surface area contributed by atoms with Gasteiger partial charge in [-0.15, -0.1) is 5.10 Å². The molecular formula is C31H23N5O3. The van der Waals surface area contributed by atoms with Gasteiger partial charge in [0.2, 0.25) is 5.88 Å². The number of methoxy groups -OCH3 is 1. The predicted molar refractivity (Wildman–Crippen MR) is 148 cm³/mol. The highest BCUT2D eigenvalue weighted by molar-refractivity contribution is 5.91. The zero-order valence-electron chi connectivity index (χ0n) is 21.1. The molecule has 0 spiro atoms. The summed E-state index contributed by atoms with van der Waals surface area (Å²) < 4.78 is 13.3. The lowest BCUT2D eigenvalue weighted by Gasteiger charge is -2.28. The molecule has 0 fully saturated rings. The first-order valence-electron chi connectivity index (χ1n) is 12.6. The summed E-state index contributed by atoms with van der Waals surface area (Å²) in [6.07, 6.45) is 3.27. The summed E-state index contributed by atoms with van der Waals surface area (Å²) in [5.74, 6) is 2.50. The highest BCUT2D eigenvalue weighted by atomic mass is 16.6. The first kappa shape index (κ1) is 22.9. The number of nitrogens with zero attached hydrogens (tertiary/aromatic N) is 5. The van der Waals surface area contributed by atoms with Gasteiger partial charge in [-0.3, -0.25) is 0 Å². The summed E-state index contributed by atoms with van der Waals surface area (Å²) in [4.78, 5) is 15.0. The number of aromatic nitrogens is 4. The first-order valence-corrected chi connectivity index (χ1v) is 12.6. The lowest BCUT2D eigenvalue weighted by molar-refractivity contribution is 0.126. The van der Waals surface area contributed by atoms with Gasteiger partial charge in [-0.05, 0) is 40.8 Å². The van der Waals surface area contributed by atoms with Crippen molar-refractivity contribution in [1.29, 1.82) is 0 Å². The number of oxime groups is 1. The maximum Gasteiger partial charge on any atom is 0.228 e. The van der Waals surface area contributed by atoms with E-state index in [4.69, 9.17) is 19.3 Å². The van der Waals surface area contributed by atoms with Gasteiger partial charge in [0.25, 0.3) is 0 Å². The largest absolute Gasteiger partial charge is 0.497 e. The third kappa shape index (κ3) is 4.12. The van der Waals surface area contributed by atoms with Crippen LogP contribution in [0.5, 0.6) is 17.4 Å². The number of rotatable bonds is 6. The van der Waals surface area contributed by atoms with Crippen LogP contribution in [0.15, 0.2) is 102 Å². The Morgan fingerprint density at radius 3 is 2.62 bits per heavy atom. The fourth-order valence-corrected chi connectivity index (χ4v) is 5.03. The standard InChI is InChI=1S/C31H23N5O3/c1-37-23-14-11-20(12-15-23)17-33-38-18-26-34-30-28-27(22-8-3-2-4-9-22)25-16-13-21-7-5-6-10-24(21)29(25)39-31(28)32-19-36(30)35-26/h2-17,19,27H,18H2,1H3/b33-17+/t27-/m0/s1. The fourth-order valence-electron chi connectivity index (χ4n) is 5.03. The summed E-state index contributed by atoms with van der Waals surface area (Å²) in [5, 5.41) is 10.8. The Morgan fingerprint density at radius 2 is 1.77 bits per heavy atom. The Hall–Kier alpha value is -5.24. The molecule has 1 aliphatic rings. The van der Waals surface area contributed by atoms with Crippen LogP contribution in [0.2, 0.25) is 0 Å². The quantitative estimate of drug-likeness (QED) is 0.197. The van der Waals surface area contributed by atoms with Crippen LogP contribution in [0.25, 0.3) is 16.4 Å². The molecule has 0 radical (unpaired) electrons. The molecule has 8 nitrogen and oxygen atoms in total. The van der Waals surface area contributed by atoms with Gasteiger partial charge in [0.1, 0.15) is 17.8 Å². The molecule has 3 heterocycles. The van der Waals surface area contributed by atoms with Crippen molar-refractivity contribution < 1.29 is 14.3 Å². The average Bonchev–Trinajstić information content (AvgIpc) is 3.42. The molecule has 2 aromatic heterocycles. The molecular weight excluding hydrogens is 490 g/mol. The van der Waals surface area contributed by atoms with Crippen molar-refractivity contribution in [3.05, 3.63) is 125 Å². The second kappa shape index (κ2) is 9.57. The number of hydrogen-bond donors (Lipinski definition) is 0. The molecule has 0 aliphatic carbocycles. The third-order valence-electron chi connectivity index (χ3n) is 6.86. The second-order valence-electron chi connectivity index (χ2n) is 9.19. The van der Waals surface area contributed by atoms with Crippen LogP contribution in [0, 0.1) is 0 Å². The molecule has 0 unspecified atom stereocenters. The summed E-state index contributed by atoms with van der Waals surface area (Å²) in [6, 6.07) is 30.4. The van der Waals surface area contributed by atoms with E-state index in [1.807, 2.05) is 54.6 Å². The van der Waals surface area contributed by atoms with Crippen LogP contribution in [0.1, 0.15) is 34.0 Å². The molecule has 1 aliphatic heterocycles. The lowest BCUT2D eigenvalue weighted by Crippen LogP contribution is -2.15. The summed E-state index contributed by atoms with van der Waals surface area (Å²) in [7, 11) is 1.63. The monoisotopic (exact) mass is 513 g/mol. The molecule has 8 heteroatoms. The molecule has 190 valence electrons. The average molecular weight is 514 g/mol. The molecule has 7 rings (SSSR count). The Kier molecular flexibility index (Phi) is 5.62.